The highest BCUT2D eigenvalue weighted by molar-refractivity contribution is 7.89. The Morgan fingerprint density at radius 1 is 1.45 bits per heavy atom. The van der Waals surface area contributed by atoms with Crippen molar-refractivity contribution >= 4 is 38.2 Å². The van der Waals surface area contributed by atoms with Gasteiger partial charge in [-0.2, -0.15) is 4.72 Å². The Hall–Kier alpha value is -1.85. The quantitative estimate of drug-likeness (QED) is 0.446. The lowest BCUT2D eigenvalue weighted by Gasteiger charge is -2.21. The fourth-order valence-electron chi connectivity index (χ4n) is 1.68. The number of imide groups is 1. The molecule has 0 spiro atoms. The van der Waals surface area contributed by atoms with Crippen LogP contribution in [-0.4, -0.2) is 31.2 Å². The first kappa shape index (κ1) is 14.6. The lowest BCUT2D eigenvalue weighted by atomic mass is 10.1. The van der Waals surface area contributed by atoms with Gasteiger partial charge >= 0.3 is 5.00 Å². The van der Waals surface area contributed by atoms with Gasteiger partial charge in [0.15, 0.2) is 4.90 Å². The summed E-state index contributed by atoms with van der Waals surface area (Å²) in [6.45, 7) is 0. The summed E-state index contributed by atoms with van der Waals surface area (Å²) in [7, 11) is -4.20. The van der Waals surface area contributed by atoms with Crippen molar-refractivity contribution < 1.29 is 22.9 Å². The molecule has 0 radical (unpaired) electrons. The van der Waals surface area contributed by atoms with Gasteiger partial charge in [-0.25, -0.2) is 8.42 Å². The van der Waals surface area contributed by atoms with Crippen LogP contribution >= 0.6 is 11.3 Å². The molecule has 1 aliphatic heterocycles. The van der Waals surface area contributed by atoms with Crippen molar-refractivity contribution in [1.82, 2.24) is 10.0 Å². The Morgan fingerprint density at radius 3 is 2.75 bits per heavy atom. The van der Waals surface area contributed by atoms with Gasteiger partial charge in [0.1, 0.15) is 6.04 Å². The minimum Gasteiger partial charge on any atom is -0.295 e. The van der Waals surface area contributed by atoms with Crippen LogP contribution in [0.1, 0.15) is 12.8 Å². The van der Waals surface area contributed by atoms with Crippen molar-refractivity contribution in [2.75, 3.05) is 0 Å². The summed E-state index contributed by atoms with van der Waals surface area (Å²) in [5.41, 5.74) is 0. The van der Waals surface area contributed by atoms with Crippen molar-refractivity contribution in [2.24, 2.45) is 0 Å². The number of thiophene rings is 1. The lowest BCUT2D eigenvalue weighted by Crippen LogP contribution is -2.52. The summed E-state index contributed by atoms with van der Waals surface area (Å²) in [6.07, 6.45) is 0.0203. The summed E-state index contributed by atoms with van der Waals surface area (Å²) >= 11 is 0.675. The van der Waals surface area contributed by atoms with Crippen LogP contribution in [0.25, 0.3) is 0 Å². The van der Waals surface area contributed by atoms with Gasteiger partial charge in [0.25, 0.3) is 0 Å². The summed E-state index contributed by atoms with van der Waals surface area (Å²) in [5, 5.41) is 13.5. The molecule has 9 nitrogen and oxygen atoms in total. The number of rotatable bonds is 4. The molecular formula is C9H9N3O6S2. The second-order valence-electron chi connectivity index (χ2n) is 3.97. The Balaban J connectivity index is 2.23. The van der Waals surface area contributed by atoms with Gasteiger partial charge in [0.2, 0.25) is 21.8 Å². The number of nitrogens with one attached hydrogen (secondary N) is 2. The zero-order valence-corrected chi connectivity index (χ0v) is 11.5. The average Bonchev–Trinajstić information content (AvgIpc) is 2.82. The second-order valence-corrected chi connectivity index (χ2v) is 6.55. The van der Waals surface area contributed by atoms with E-state index in [0.717, 1.165) is 6.07 Å². The van der Waals surface area contributed by atoms with E-state index in [4.69, 9.17) is 0 Å². The third-order valence-corrected chi connectivity index (χ3v) is 5.10. The predicted molar refractivity (Wildman–Crippen MR) is 67.5 cm³/mol. The van der Waals surface area contributed by atoms with E-state index in [1.165, 1.54) is 5.38 Å². The smallest absolute Gasteiger partial charge is 0.295 e. The van der Waals surface area contributed by atoms with E-state index < -0.39 is 42.7 Å². The number of hydrogen-bond donors (Lipinski definition) is 2. The van der Waals surface area contributed by atoms with E-state index in [0.29, 0.717) is 11.3 Å². The summed E-state index contributed by atoms with van der Waals surface area (Å²) in [6, 6.07) is -0.0194. The van der Waals surface area contributed by atoms with Gasteiger partial charge in [0, 0.05) is 6.42 Å². The minimum atomic E-state index is -4.20. The molecule has 2 N–H and O–H groups in total. The molecule has 108 valence electrons. The second kappa shape index (κ2) is 5.26. The van der Waals surface area contributed by atoms with Crippen LogP contribution in [0, 0.1) is 10.1 Å². The molecule has 1 saturated heterocycles. The normalized spacial score (nSPS) is 19.7. The van der Waals surface area contributed by atoms with Crippen molar-refractivity contribution in [2.45, 2.75) is 23.8 Å². The van der Waals surface area contributed by atoms with E-state index in [-0.39, 0.29) is 12.8 Å². The number of hydrogen-bond acceptors (Lipinski definition) is 7. The van der Waals surface area contributed by atoms with Gasteiger partial charge in [-0.05, 0) is 17.9 Å². The van der Waals surface area contributed by atoms with Gasteiger partial charge in [-0.3, -0.25) is 25.0 Å². The Bertz CT molecular complexity index is 680. The molecule has 0 saturated carbocycles. The van der Waals surface area contributed by atoms with Crippen molar-refractivity contribution in [3.8, 4) is 0 Å². The number of nitro groups is 1. The highest BCUT2D eigenvalue weighted by atomic mass is 32.2. The largest absolute Gasteiger partial charge is 0.344 e. The van der Waals surface area contributed by atoms with Crippen LogP contribution in [-0.2, 0) is 19.6 Å². The maximum Gasteiger partial charge on any atom is 0.344 e. The SMILES string of the molecule is O=C1CCC(NS(=O)(=O)c2ccsc2[N+](=O)[O-])C(=O)N1. The molecule has 2 rings (SSSR count). The van der Waals surface area contributed by atoms with E-state index in [2.05, 4.69) is 4.72 Å². The molecule has 1 aliphatic rings. The molecule has 20 heavy (non-hydrogen) atoms. The third-order valence-electron chi connectivity index (χ3n) is 2.60. The molecule has 0 aliphatic carbocycles. The van der Waals surface area contributed by atoms with Crippen LogP contribution in [0.2, 0.25) is 0 Å². The van der Waals surface area contributed by atoms with Crippen LogP contribution < -0.4 is 10.0 Å². The predicted octanol–water partition coefficient (Wildman–Crippen LogP) is -0.260. The number of amides is 2. The number of carbonyl (C=O) groups excluding carboxylic acids is 2. The number of sulfonamides is 1. The number of carbonyl (C=O) groups is 2. The molecular weight excluding hydrogens is 310 g/mol. The summed E-state index contributed by atoms with van der Waals surface area (Å²) in [4.78, 5) is 31.9. The molecule has 1 aromatic heterocycles. The van der Waals surface area contributed by atoms with E-state index in [9.17, 15) is 28.1 Å². The van der Waals surface area contributed by atoms with E-state index >= 15 is 0 Å². The van der Waals surface area contributed by atoms with Crippen molar-refractivity contribution in [3.05, 3.63) is 21.6 Å². The molecule has 2 amide bonds. The average molecular weight is 319 g/mol. The topological polar surface area (TPSA) is 135 Å². The first-order chi connectivity index (χ1) is 9.31. The highest BCUT2D eigenvalue weighted by Gasteiger charge is 2.34. The molecule has 1 atom stereocenters. The Kier molecular flexibility index (Phi) is 3.83. The maximum atomic E-state index is 12.0. The maximum absolute atomic E-state index is 12.0. The highest BCUT2D eigenvalue weighted by Crippen LogP contribution is 2.29. The molecule has 2 heterocycles. The number of nitrogens with zero attached hydrogens (tertiary/aromatic N) is 1. The van der Waals surface area contributed by atoms with Crippen LogP contribution in [0.3, 0.4) is 0 Å². The van der Waals surface area contributed by atoms with Gasteiger partial charge < -0.3 is 0 Å². The third kappa shape index (κ3) is 2.84. The molecule has 1 aromatic rings. The summed E-state index contributed by atoms with van der Waals surface area (Å²) < 4.78 is 26.2. The fraction of sp³-hybridized carbons (Fsp3) is 0.333. The van der Waals surface area contributed by atoms with Gasteiger partial charge in [0.05, 0.1) is 4.92 Å². The molecule has 1 fully saturated rings. The first-order valence-electron chi connectivity index (χ1n) is 5.39. The van der Waals surface area contributed by atoms with Crippen LogP contribution in [0.4, 0.5) is 5.00 Å². The first-order valence-corrected chi connectivity index (χ1v) is 7.75. The zero-order chi connectivity index (χ0) is 14.9. The Morgan fingerprint density at radius 2 is 2.15 bits per heavy atom. The molecule has 1 unspecified atom stereocenters. The zero-order valence-electron chi connectivity index (χ0n) is 9.86. The van der Waals surface area contributed by atoms with E-state index in [1.807, 2.05) is 5.32 Å². The van der Waals surface area contributed by atoms with E-state index in [1.54, 1.807) is 0 Å². The van der Waals surface area contributed by atoms with Crippen molar-refractivity contribution in [3.63, 3.8) is 0 Å². The molecule has 11 heteroatoms. The lowest BCUT2D eigenvalue weighted by molar-refractivity contribution is -0.383. The molecule has 0 aromatic carbocycles. The van der Waals surface area contributed by atoms with Crippen LogP contribution in [0.15, 0.2) is 16.3 Å². The fourth-order valence-corrected chi connectivity index (χ4v) is 4.12. The van der Waals surface area contributed by atoms with Crippen LogP contribution in [0.5, 0.6) is 0 Å². The van der Waals surface area contributed by atoms with Crippen molar-refractivity contribution in [1.29, 1.82) is 0 Å². The van der Waals surface area contributed by atoms with Gasteiger partial charge in [-0.15, -0.1) is 0 Å². The monoisotopic (exact) mass is 319 g/mol. The molecule has 0 bridgehead atoms. The van der Waals surface area contributed by atoms with Gasteiger partial charge in [-0.1, -0.05) is 11.3 Å². The standard InChI is InChI=1S/C9H9N3O6S2/c13-7-2-1-5(8(14)10-7)11-20(17,18)6-3-4-19-9(6)12(15)16/h3-5,11H,1-2H2,(H,10,13,14). The summed E-state index contributed by atoms with van der Waals surface area (Å²) in [5.74, 6) is -1.24. The minimum absolute atomic E-state index is 0.00462. The Labute approximate surface area is 117 Å². The number of piperidine rings is 1.